The Morgan fingerprint density at radius 3 is 2.57 bits per heavy atom. The van der Waals surface area contributed by atoms with E-state index in [9.17, 15) is 9.90 Å². The summed E-state index contributed by atoms with van der Waals surface area (Å²) < 4.78 is 6.17. The van der Waals surface area contributed by atoms with Crippen LogP contribution in [0.2, 0.25) is 0 Å². The number of carboxylic acids is 1. The fraction of sp³-hybridized carbons (Fsp3) is 0.944. The van der Waals surface area contributed by atoms with Crippen molar-refractivity contribution in [1.29, 1.82) is 0 Å². The summed E-state index contributed by atoms with van der Waals surface area (Å²) in [6.07, 6.45) is 11.6. The maximum absolute atomic E-state index is 12.1. The quantitative estimate of drug-likeness (QED) is 0.766. The van der Waals surface area contributed by atoms with Crippen molar-refractivity contribution in [2.75, 3.05) is 6.61 Å². The maximum atomic E-state index is 12.1. The van der Waals surface area contributed by atoms with Gasteiger partial charge in [-0.15, -0.1) is 0 Å². The minimum Gasteiger partial charge on any atom is -0.481 e. The van der Waals surface area contributed by atoms with Gasteiger partial charge in [0.1, 0.15) is 0 Å². The Balaban J connectivity index is 2.16. The first-order valence-electron chi connectivity index (χ1n) is 8.96. The average Bonchev–Trinajstić information content (AvgIpc) is 2.49. The van der Waals surface area contributed by atoms with Crippen LogP contribution in [0.5, 0.6) is 0 Å². The van der Waals surface area contributed by atoms with Gasteiger partial charge in [-0.1, -0.05) is 46.0 Å². The molecule has 0 aromatic carbocycles. The van der Waals surface area contributed by atoms with E-state index in [4.69, 9.17) is 4.74 Å². The monoisotopic (exact) mass is 296 g/mol. The SMILES string of the molecule is CCCCC(CC)(C(=O)O)C1CCOC2(CCCCC2)C1. The van der Waals surface area contributed by atoms with Gasteiger partial charge in [0.2, 0.25) is 0 Å². The molecule has 1 spiro atoms. The largest absolute Gasteiger partial charge is 0.481 e. The van der Waals surface area contributed by atoms with E-state index < -0.39 is 11.4 Å². The highest BCUT2D eigenvalue weighted by atomic mass is 16.5. The molecule has 1 saturated carbocycles. The molecule has 1 aliphatic heterocycles. The third kappa shape index (κ3) is 3.44. The molecule has 2 fully saturated rings. The molecule has 1 heterocycles. The van der Waals surface area contributed by atoms with Gasteiger partial charge in [0.15, 0.2) is 0 Å². The first-order chi connectivity index (χ1) is 10.1. The normalized spacial score (nSPS) is 28.2. The molecule has 1 saturated heterocycles. The van der Waals surface area contributed by atoms with Gasteiger partial charge >= 0.3 is 5.97 Å². The van der Waals surface area contributed by atoms with Crippen molar-refractivity contribution in [3.63, 3.8) is 0 Å². The number of unbranched alkanes of at least 4 members (excludes halogenated alkanes) is 1. The van der Waals surface area contributed by atoms with Crippen LogP contribution in [0.1, 0.15) is 84.5 Å². The van der Waals surface area contributed by atoms with Crippen LogP contribution < -0.4 is 0 Å². The van der Waals surface area contributed by atoms with Crippen LogP contribution in [0.3, 0.4) is 0 Å². The summed E-state index contributed by atoms with van der Waals surface area (Å²) in [4.78, 5) is 12.1. The summed E-state index contributed by atoms with van der Waals surface area (Å²) in [6.45, 7) is 4.97. The molecule has 2 unspecified atom stereocenters. The van der Waals surface area contributed by atoms with Crippen molar-refractivity contribution in [2.24, 2.45) is 11.3 Å². The van der Waals surface area contributed by atoms with Crippen molar-refractivity contribution < 1.29 is 14.6 Å². The minimum atomic E-state index is -0.573. The Morgan fingerprint density at radius 2 is 2.00 bits per heavy atom. The Hall–Kier alpha value is -0.570. The maximum Gasteiger partial charge on any atom is 0.309 e. The molecule has 3 nitrogen and oxygen atoms in total. The third-order valence-electron chi connectivity index (χ3n) is 6.07. The van der Waals surface area contributed by atoms with Crippen LogP contribution >= 0.6 is 0 Å². The predicted molar refractivity (Wildman–Crippen MR) is 84.4 cm³/mol. The number of carboxylic acid groups (broad SMARTS) is 1. The Kier molecular flexibility index (Phi) is 5.70. The fourth-order valence-corrected chi connectivity index (χ4v) is 4.64. The first kappa shape index (κ1) is 16.8. The van der Waals surface area contributed by atoms with E-state index in [1.807, 2.05) is 0 Å². The molecule has 0 amide bonds. The zero-order valence-electron chi connectivity index (χ0n) is 13.8. The second kappa shape index (κ2) is 7.13. The van der Waals surface area contributed by atoms with E-state index in [0.29, 0.717) is 5.92 Å². The minimum absolute atomic E-state index is 0.00323. The molecule has 2 atom stereocenters. The Labute approximate surface area is 129 Å². The Bertz CT molecular complexity index is 341. The summed E-state index contributed by atoms with van der Waals surface area (Å²) in [5.41, 5.74) is -0.520. The van der Waals surface area contributed by atoms with Crippen LogP contribution in [0.25, 0.3) is 0 Å². The van der Waals surface area contributed by atoms with E-state index in [2.05, 4.69) is 13.8 Å². The van der Waals surface area contributed by atoms with Crippen LogP contribution in [-0.4, -0.2) is 23.3 Å². The summed E-state index contributed by atoms with van der Waals surface area (Å²) in [6, 6.07) is 0. The van der Waals surface area contributed by atoms with Gasteiger partial charge < -0.3 is 9.84 Å². The molecule has 0 aromatic rings. The molecule has 1 N–H and O–H groups in total. The summed E-state index contributed by atoms with van der Waals surface area (Å²) in [5, 5.41) is 9.95. The molecule has 3 heteroatoms. The zero-order chi connectivity index (χ0) is 15.3. The number of rotatable bonds is 6. The molecular formula is C18H32O3. The van der Waals surface area contributed by atoms with Crippen LogP contribution in [-0.2, 0) is 9.53 Å². The van der Waals surface area contributed by atoms with Gasteiger partial charge in [-0.25, -0.2) is 0 Å². The standard InChI is InChI=1S/C18H32O3/c1-3-5-12-18(4-2,16(19)20)15-9-13-21-17(14-15)10-7-6-8-11-17/h15H,3-14H2,1-2H3,(H,19,20). The van der Waals surface area contributed by atoms with E-state index in [0.717, 1.165) is 58.0 Å². The molecule has 0 bridgehead atoms. The lowest BCUT2D eigenvalue weighted by atomic mass is 9.62. The molecule has 21 heavy (non-hydrogen) atoms. The number of aliphatic carboxylic acids is 1. The highest BCUT2D eigenvalue weighted by molar-refractivity contribution is 5.75. The van der Waals surface area contributed by atoms with Gasteiger partial charge in [0.05, 0.1) is 11.0 Å². The van der Waals surface area contributed by atoms with Crippen molar-refractivity contribution >= 4 is 5.97 Å². The number of carbonyl (C=O) groups is 1. The third-order valence-corrected chi connectivity index (χ3v) is 6.07. The second-order valence-corrected chi connectivity index (χ2v) is 7.20. The van der Waals surface area contributed by atoms with Gasteiger partial charge in [-0.2, -0.15) is 0 Å². The Morgan fingerprint density at radius 1 is 1.29 bits per heavy atom. The molecule has 0 radical (unpaired) electrons. The average molecular weight is 296 g/mol. The molecule has 2 aliphatic rings. The summed E-state index contributed by atoms with van der Waals surface area (Å²) in [7, 11) is 0. The first-order valence-corrected chi connectivity index (χ1v) is 8.96. The zero-order valence-corrected chi connectivity index (χ0v) is 13.8. The van der Waals surface area contributed by atoms with Crippen LogP contribution in [0, 0.1) is 11.3 Å². The van der Waals surface area contributed by atoms with Gasteiger partial charge in [-0.3, -0.25) is 4.79 Å². The van der Waals surface area contributed by atoms with Crippen molar-refractivity contribution in [3.8, 4) is 0 Å². The van der Waals surface area contributed by atoms with Crippen molar-refractivity contribution in [2.45, 2.75) is 90.1 Å². The van der Waals surface area contributed by atoms with Crippen LogP contribution in [0.15, 0.2) is 0 Å². The predicted octanol–water partition coefficient (Wildman–Crippen LogP) is 4.79. The lowest BCUT2D eigenvalue weighted by molar-refractivity contribution is -0.169. The number of ether oxygens (including phenoxy) is 1. The van der Waals surface area contributed by atoms with Gasteiger partial charge in [0.25, 0.3) is 0 Å². The molecule has 1 aliphatic carbocycles. The lowest BCUT2D eigenvalue weighted by Gasteiger charge is -2.48. The second-order valence-electron chi connectivity index (χ2n) is 7.20. The van der Waals surface area contributed by atoms with Crippen molar-refractivity contribution in [3.05, 3.63) is 0 Å². The summed E-state index contributed by atoms with van der Waals surface area (Å²) in [5.74, 6) is -0.283. The molecule has 0 aromatic heterocycles. The molecule has 122 valence electrons. The highest BCUT2D eigenvalue weighted by Crippen LogP contribution is 2.49. The smallest absolute Gasteiger partial charge is 0.309 e. The van der Waals surface area contributed by atoms with E-state index in [-0.39, 0.29) is 5.60 Å². The van der Waals surface area contributed by atoms with Crippen molar-refractivity contribution in [1.82, 2.24) is 0 Å². The van der Waals surface area contributed by atoms with Gasteiger partial charge in [0, 0.05) is 6.61 Å². The highest BCUT2D eigenvalue weighted by Gasteiger charge is 2.49. The van der Waals surface area contributed by atoms with E-state index >= 15 is 0 Å². The number of hydrogen-bond acceptors (Lipinski definition) is 2. The van der Waals surface area contributed by atoms with E-state index in [1.54, 1.807) is 0 Å². The van der Waals surface area contributed by atoms with Crippen LogP contribution in [0.4, 0.5) is 0 Å². The number of hydrogen-bond donors (Lipinski definition) is 1. The molecule has 2 rings (SSSR count). The van der Waals surface area contributed by atoms with Gasteiger partial charge in [-0.05, 0) is 44.4 Å². The fourth-order valence-electron chi connectivity index (χ4n) is 4.64. The van der Waals surface area contributed by atoms with E-state index in [1.165, 1.54) is 19.3 Å². The molecular weight excluding hydrogens is 264 g/mol. The topological polar surface area (TPSA) is 46.5 Å². The lowest BCUT2D eigenvalue weighted by Crippen LogP contribution is -2.49. The summed E-state index contributed by atoms with van der Waals surface area (Å²) >= 11 is 0.